The van der Waals surface area contributed by atoms with Gasteiger partial charge in [-0.05, 0) is 43.4 Å². The third-order valence-corrected chi connectivity index (χ3v) is 4.34. The molecule has 0 aliphatic heterocycles. The van der Waals surface area contributed by atoms with Crippen LogP contribution in [0.25, 0.3) is 0 Å². The lowest BCUT2D eigenvalue weighted by Gasteiger charge is -2.26. The van der Waals surface area contributed by atoms with Crippen LogP contribution in [0.2, 0.25) is 0 Å². The van der Waals surface area contributed by atoms with Crippen LogP contribution in [0.1, 0.15) is 48.4 Å². The Bertz CT molecular complexity index is 606. The van der Waals surface area contributed by atoms with E-state index in [0.29, 0.717) is 5.92 Å². The number of hydrogen-bond donors (Lipinski definition) is 1. The number of fused-ring (bicyclic) bond motifs is 1. The van der Waals surface area contributed by atoms with Crippen LogP contribution in [0, 0.1) is 0 Å². The molecule has 1 aliphatic carbocycles. The smallest absolute Gasteiger partial charge is 0.124 e. The van der Waals surface area contributed by atoms with Crippen LogP contribution in [-0.2, 0) is 6.42 Å². The number of hydrogen-bond acceptors (Lipinski definition) is 2. The molecule has 0 amide bonds. The lowest BCUT2D eigenvalue weighted by atomic mass is 9.83. The zero-order valence-corrected chi connectivity index (χ0v) is 12.6. The summed E-state index contributed by atoms with van der Waals surface area (Å²) in [6.45, 7) is 2.73. The van der Waals surface area contributed by atoms with Crippen molar-refractivity contribution in [1.29, 1.82) is 0 Å². The summed E-state index contributed by atoms with van der Waals surface area (Å²) >= 11 is 0. The van der Waals surface area contributed by atoms with Crippen LogP contribution in [0.4, 0.5) is 0 Å². The Kier molecular flexibility index (Phi) is 4.26. The molecule has 2 atom stereocenters. The molecule has 3 rings (SSSR count). The summed E-state index contributed by atoms with van der Waals surface area (Å²) in [7, 11) is 0. The summed E-state index contributed by atoms with van der Waals surface area (Å²) in [4.78, 5) is 0. The van der Waals surface area contributed by atoms with Gasteiger partial charge in [-0.25, -0.2) is 0 Å². The van der Waals surface area contributed by atoms with E-state index in [1.54, 1.807) is 0 Å². The molecule has 0 radical (unpaired) electrons. The molecule has 2 aromatic carbocycles. The van der Waals surface area contributed by atoms with Gasteiger partial charge in [0.15, 0.2) is 0 Å². The Morgan fingerprint density at radius 3 is 2.76 bits per heavy atom. The first-order valence-electron chi connectivity index (χ1n) is 7.81. The Morgan fingerprint density at radius 1 is 1.14 bits per heavy atom. The third kappa shape index (κ3) is 3.11. The van der Waals surface area contributed by atoms with Crippen LogP contribution >= 0.6 is 0 Å². The quantitative estimate of drug-likeness (QED) is 0.911. The summed E-state index contributed by atoms with van der Waals surface area (Å²) in [6.07, 6.45) is 3.65. The van der Waals surface area contributed by atoms with Crippen molar-refractivity contribution in [3.63, 3.8) is 0 Å². The average molecular weight is 281 g/mol. The van der Waals surface area contributed by atoms with Gasteiger partial charge in [-0.15, -0.1) is 0 Å². The minimum atomic E-state index is -0.000146. The fraction of sp³-hybridized carbons (Fsp3) is 0.368. The van der Waals surface area contributed by atoms with Crippen molar-refractivity contribution in [2.45, 2.75) is 38.1 Å². The normalized spacial score (nSPS) is 18.9. The Hall–Kier alpha value is -1.80. The second kappa shape index (κ2) is 6.31. The fourth-order valence-electron chi connectivity index (χ4n) is 3.21. The van der Waals surface area contributed by atoms with Gasteiger partial charge in [0, 0.05) is 17.5 Å². The standard InChI is InChI=1S/C19H23NO/c1-14(20)17-10-4-5-12-19(17)21-13-16-9-6-8-15-7-2-3-11-18(15)16/h2-5,7,10-12,14,16H,6,8-9,13,20H2,1H3/t14-,16?/m1/s1. The summed E-state index contributed by atoms with van der Waals surface area (Å²) in [6, 6.07) is 16.9. The topological polar surface area (TPSA) is 35.2 Å². The minimum absolute atomic E-state index is 0.000146. The Morgan fingerprint density at radius 2 is 1.90 bits per heavy atom. The molecule has 0 heterocycles. The van der Waals surface area contributed by atoms with E-state index < -0.39 is 0 Å². The van der Waals surface area contributed by atoms with Crippen LogP contribution in [0.3, 0.4) is 0 Å². The molecule has 0 saturated heterocycles. The third-order valence-electron chi connectivity index (χ3n) is 4.34. The number of nitrogens with two attached hydrogens (primary N) is 1. The largest absolute Gasteiger partial charge is 0.493 e. The molecular formula is C19H23NO. The van der Waals surface area contributed by atoms with Gasteiger partial charge >= 0.3 is 0 Å². The molecule has 0 bridgehead atoms. The number of ether oxygens (including phenoxy) is 1. The highest BCUT2D eigenvalue weighted by Gasteiger charge is 2.20. The maximum atomic E-state index is 6.11. The van der Waals surface area contributed by atoms with Gasteiger partial charge in [0.2, 0.25) is 0 Å². The highest BCUT2D eigenvalue weighted by Crippen LogP contribution is 2.33. The molecule has 2 heteroatoms. The molecule has 2 aromatic rings. The molecule has 110 valence electrons. The van der Waals surface area contributed by atoms with Crippen molar-refractivity contribution >= 4 is 0 Å². The minimum Gasteiger partial charge on any atom is -0.493 e. The van der Waals surface area contributed by atoms with Crippen molar-refractivity contribution in [2.75, 3.05) is 6.61 Å². The molecule has 0 saturated carbocycles. The van der Waals surface area contributed by atoms with Crippen LogP contribution < -0.4 is 10.5 Å². The van der Waals surface area contributed by atoms with E-state index in [1.807, 2.05) is 25.1 Å². The van der Waals surface area contributed by atoms with Crippen LogP contribution in [-0.4, -0.2) is 6.61 Å². The lowest BCUT2D eigenvalue weighted by Crippen LogP contribution is -2.17. The first-order valence-corrected chi connectivity index (χ1v) is 7.81. The summed E-state index contributed by atoms with van der Waals surface area (Å²) < 4.78 is 6.11. The summed E-state index contributed by atoms with van der Waals surface area (Å²) in [5, 5.41) is 0. The summed E-state index contributed by atoms with van der Waals surface area (Å²) in [5.41, 5.74) is 10.0. The lowest BCUT2D eigenvalue weighted by molar-refractivity contribution is 0.271. The van der Waals surface area contributed by atoms with Crippen molar-refractivity contribution in [1.82, 2.24) is 0 Å². The van der Waals surface area contributed by atoms with Crippen molar-refractivity contribution < 1.29 is 4.74 Å². The zero-order valence-electron chi connectivity index (χ0n) is 12.6. The zero-order chi connectivity index (χ0) is 14.7. The van der Waals surface area contributed by atoms with Gasteiger partial charge < -0.3 is 10.5 Å². The SMILES string of the molecule is C[C@@H](N)c1ccccc1OCC1CCCc2ccccc21. The summed E-state index contributed by atoms with van der Waals surface area (Å²) in [5.74, 6) is 1.42. The van der Waals surface area contributed by atoms with Crippen molar-refractivity contribution in [2.24, 2.45) is 5.73 Å². The molecule has 21 heavy (non-hydrogen) atoms. The van der Waals surface area contributed by atoms with E-state index in [1.165, 1.54) is 30.4 Å². The van der Waals surface area contributed by atoms with E-state index in [-0.39, 0.29) is 6.04 Å². The monoisotopic (exact) mass is 281 g/mol. The van der Waals surface area contributed by atoms with Gasteiger partial charge in [0.1, 0.15) is 5.75 Å². The molecule has 0 aromatic heterocycles. The molecule has 2 N–H and O–H groups in total. The highest BCUT2D eigenvalue weighted by molar-refractivity contribution is 5.36. The fourth-order valence-corrected chi connectivity index (χ4v) is 3.21. The Labute approximate surface area is 126 Å². The molecule has 1 aliphatic rings. The number of rotatable bonds is 4. The van der Waals surface area contributed by atoms with Gasteiger partial charge in [-0.1, -0.05) is 42.5 Å². The molecule has 1 unspecified atom stereocenters. The first kappa shape index (κ1) is 14.2. The maximum Gasteiger partial charge on any atom is 0.124 e. The molecule has 2 nitrogen and oxygen atoms in total. The van der Waals surface area contributed by atoms with Crippen molar-refractivity contribution in [3.8, 4) is 5.75 Å². The average Bonchev–Trinajstić information content (AvgIpc) is 2.53. The number of benzene rings is 2. The molecule has 0 spiro atoms. The van der Waals surface area contributed by atoms with Crippen molar-refractivity contribution in [3.05, 3.63) is 65.2 Å². The Balaban J connectivity index is 1.75. The molecular weight excluding hydrogens is 258 g/mol. The van der Waals surface area contributed by atoms with E-state index in [9.17, 15) is 0 Å². The second-order valence-electron chi connectivity index (χ2n) is 5.93. The maximum absolute atomic E-state index is 6.11. The highest BCUT2D eigenvalue weighted by atomic mass is 16.5. The van der Waals surface area contributed by atoms with E-state index in [2.05, 4.69) is 30.3 Å². The van der Waals surface area contributed by atoms with Crippen LogP contribution in [0.5, 0.6) is 5.75 Å². The van der Waals surface area contributed by atoms with E-state index in [4.69, 9.17) is 10.5 Å². The number of para-hydroxylation sites is 1. The second-order valence-corrected chi connectivity index (χ2v) is 5.93. The van der Waals surface area contributed by atoms with E-state index >= 15 is 0 Å². The van der Waals surface area contributed by atoms with E-state index in [0.717, 1.165) is 17.9 Å². The predicted octanol–water partition coefficient (Wildman–Crippen LogP) is 4.21. The first-order chi connectivity index (χ1) is 10.3. The number of aryl methyl sites for hydroxylation is 1. The van der Waals surface area contributed by atoms with Gasteiger partial charge in [0.25, 0.3) is 0 Å². The van der Waals surface area contributed by atoms with Crippen LogP contribution in [0.15, 0.2) is 48.5 Å². The molecule has 0 fully saturated rings. The van der Waals surface area contributed by atoms with Gasteiger partial charge in [-0.2, -0.15) is 0 Å². The van der Waals surface area contributed by atoms with Gasteiger partial charge in [0.05, 0.1) is 6.61 Å². The predicted molar refractivity (Wildman–Crippen MR) is 86.7 cm³/mol. The van der Waals surface area contributed by atoms with Gasteiger partial charge in [-0.3, -0.25) is 0 Å².